The van der Waals surface area contributed by atoms with Crippen LogP contribution in [0.2, 0.25) is 0 Å². The summed E-state index contributed by atoms with van der Waals surface area (Å²) in [5.74, 6) is -2.82. The van der Waals surface area contributed by atoms with Crippen LogP contribution < -0.4 is 14.4 Å². The van der Waals surface area contributed by atoms with Crippen LogP contribution in [-0.4, -0.2) is 84.8 Å². The number of hydrogen-bond acceptors (Lipinski definition) is 10. The molecule has 2 aliphatic heterocycles. The second-order valence-electron chi connectivity index (χ2n) is 15.1. The molecular formula is C35H40F3N7O5. The van der Waals surface area contributed by atoms with E-state index < -0.39 is 48.2 Å². The van der Waals surface area contributed by atoms with Gasteiger partial charge in [0.15, 0.2) is 5.82 Å². The molecule has 1 spiro atoms. The first-order valence-electron chi connectivity index (χ1n) is 16.8. The number of anilines is 1. The van der Waals surface area contributed by atoms with Gasteiger partial charge in [0.25, 0.3) is 11.8 Å². The Kier molecular flexibility index (Phi) is 8.29. The summed E-state index contributed by atoms with van der Waals surface area (Å²) in [6.45, 7) is 11.2. The number of halogens is 3. The molecule has 266 valence electrons. The minimum atomic E-state index is -2.82. The van der Waals surface area contributed by atoms with Crippen molar-refractivity contribution in [3.8, 4) is 17.5 Å². The Morgan fingerprint density at radius 1 is 1.04 bits per heavy atom. The zero-order valence-corrected chi connectivity index (χ0v) is 28.7. The average molecular weight is 696 g/mol. The van der Waals surface area contributed by atoms with Gasteiger partial charge in [-0.15, -0.1) is 0 Å². The highest BCUT2D eigenvalue weighted by Gasteiger charge is 2.54. The molecule has 0 radical (unpaired) electrons. The fourth-order valence-electron chi connectivity index (χ4n) is 7.29. The van der Waals surface area contributed by atoms with E-state index in [1.165, 1.54) is 17.2 Å². The second-order valence-corrected chi connectivity index (χ2v) is 15.1. The SMILES string of the molecule is CC(C)N(C(=O)c1cc(F)ccc1Oc1nncc(N2CC3(CC(Oc4ccnc5c4CN(C(=O)OC(C)(C)C)C5)C3)C2)n1)C1CC(F)(F)C1. The molecule has 1 aromatic carbocycles. The van der Waals surface area contributed by atoms with E-state index in [-0.39, 0.29) is 34.9 Å². The number of carbonyl (C=O) groups is 2. The van der Waals surface area contributed by atoms with Crippen molar-refractivity contribution in [2.75, 3.05) is 18.0 Å². The highest BCUT2D eigenvalue weighted by atomic mass is 19.3. The molecule has 50 heavy (non-hydrogen) atoms. The van der Waals surface area contributed by atoms with Gasteiger partial charge in [-0.05, 0) is 71.7 Å². The molecule has 0 atom stereocenters. The predicted octanol–water partition coefficient (Wildman–Crippen LogP) is 6.14. The normalized spacial score (nSPS) is 19.4. The van der Waals surface area contributed by atoms with E-state index in [0.29, 0.717) is 18.9 Å². The second kappa shape index (κ2) is 12.3. The minimum absolute atomic E-state index is 0.00274. The third-order valence-corrected chi connectivity index (χ3v) is 9.59. The lowest BCUT2D eigenvalue weighted by Gasteiger charge is -2.58. The fourth-order valence-corrected chi connectivity index (χ4v) is 7.29. The van der Waals surface area contributed by atoms with Crippen molar-refractivity contribution < 1.29 is 37.0 Å². The van der Waals surface area contributed by atoms with Gasteiger partial charge in [-0.25, -0.2) is 18.0 Å². The standard InChI is InChI=1S/C35H40F3N7O5/c1-20(2)45(22-11-35(37,38)12-22)30(46)24-10-21(36)6-7-27(24)49-31-41-29(15-40-42-31)44-18-34(19-44)13-23(14-34)48-28-8-9-39-26-17-43(16-25(26)28)32(47)50-33(3,4)5/h6-10,15,20,22-23H,11-14,16-19H2,1-5H3. The molecular weight excluding hydrogens is 655 g/mol. The van der Waals surface area contributed by atoms with Crippen LogP contribution >= 0.6 is 0 Å². The van der Waals surface area contributed by atoms with Gasteiger partial charge in [-0.2, -0.15) is 10.1 Å². The lowest BCUT2D eigenvalue weighted by atomic mass is 9.62. The van der Waals surface area contributed by atoms with Crippen molar-refractivity contribution in [2.45, 2.75) is 103 Å². The average Bonchev–Trinajstić information content (AvgIpc) is 3.42. The number of nitrogens with zero attached hydrogens (tertiary/aromatic N) is 7. The van der Waals surface area contributed by atoms with E-state index in [4.69, 9.17) is 14.2 Å². The monoisotopic (exact) mass is 695 g/mol. The maximum Gasteiger partial charge on any atom is 0.410 e. The van der Waals surface area contributed by atoms with Crippen molar-refractivity contribution in [2.24, 2.45) is 5.41 Å². The lowest BCUT2D eigenvalue weighted by molar-refractivity contribution is -0.120. The van der Waals surface area contributed by atoms with Crippen LogP contribution in [0.3, 0.4) is 0 Å². The van der Waals surface area contributed by atoms with Crippen LogP contribution in [0.25, 0.3) is 0 Å². The summed E-state index contributed by atoms with van der Waals surface area (Å²) >= 11 is 0. The largest absolute Gasteiger partial charge is 0.490 e. The molecule has 3 fully saturated rings. The van der Waals surface area contributed by atoms with E-state index >= 15 is 0 Å². The quantitative estimate of drug-likeness (QED) is 0.271. The van der Waals surface area contributed by atoms with Gasteiger partial charge in [-0.1, -0.05) is 5.10 Å². The summed E-state index contributed by atoms with van der Waals surface area (Å²) in [5.41, 5.74) is 1.08. The van der Waals surface area contributed by atoms with Gasteiger partial charge in [0.2, 0.25) is 0 Å². The molecule has 4 aliphatic rings. The molecule has 2 saturated carbocycles. The van der Waals surface area contributed by atoms with Gasteiger partial charge in [0.1, 0.15) is 29.0 Å². The van der Waals surface area contributed by atoms with Crippen LogP contribution in [0.5, 0.6) is 17.5 Å². The van der Waals surface area contributed by atoms with Crippen LogP contribution in [0.4, 0.5) is 23.8 Å². The Balaban J connectivity index is 0.960. The molecule has 0 N–H and O–H groups in total. The predicted molar refractivity (Wildman–Crippen MR) is 174 cm³/mol. The van der Waals surface area contributed by atoms with Crippen molar-refractivity contribution in [3.05, 3.63) is 59.3 Å². The molecule has 2 amide bonds. The summed E-state index contributed by atoms with van der Waals surface area (Å²) < 4.78 is 59.5. The van der Waals surface area contributed by atoms with E-state index in [0.717, 1.165) is 55.1 Å². The Labute approximate surface area is 287 Å². The number of alkyl halides is 2. The van der Waals surface area contributed by atoms with Gasteiger partial charge in [-0.3, -0.25) is 14.7 Å². The topological polar surface area (TPSA) is 123 Å². The molecule has 0 unspecified atom stereocenters. The Morgan fingerprint density at radius 2 is 1.78 bits per heavy atom. The van der Waals surface area contributed by atoms with E-state index in [1.807, 2.05) is 26.8 Å². The highest BCUT2D eigenvalue weighted by molar-refractivity contribution is 5.97. The third kappa shape index (κ3) is 6.73. The Hall–Kier alpha value is -4.69. The number of fused-ring (bicyclic) bond motifs is 1. The van der Waals surface area contributed by atoms with Crippen molar-refractivity contribution in [1.82, 2.24) is 30.0 Å². The third-order valence-electron chi connectivity index (χ3n) is 9.59. The molecule has 12 nitrogen and oxygen atoms in total. The Morgan fingerprint density at radius 3 is 2.46 bits per heavy atom. The molecule has 4 heterocycles. The number of rotatable bonds is 8. The van der Waals surface area contributed by atoms with E-state index in [9.17, 15) is 22.8 Å². The molecule has 3 aromatic rings. The molecule has 15 heteroatoms. The van der Waals surface area contributed by atoms with E-state index in [1.54, 1.807) is 24.9 Å². The first-order valence-corrected chi connectivity index (χ1v) is 16.8. The number of aromatic nitrogens is 4. The fraction of sp³-hybridized carbons (Fsp3) is 0.543. The molecule has 0 bridgehead atoms. The van der Waals surface area contributed by atoms with Crippen molar-refractivity contribution >= 4 is 17.8 Å². The smallest absolute Gasteiger partial charge is 0.410 e. The maximum atomic E-state index is 14.3. The Bertz CT molecular complexity index is 1800. The molecule has 7 rings (SSSR count). The first kappa shape index (κ1) is 33.8. The molecule has 2 aliphatic carbocycles. The van der Waals surface area contributed by atoms with Crippen LogP contribution in [0.1, 0.15) is 81.9 Å². The van der Waals surface area contributed by atoms with Gasteiger partial charge >= 0.3 is 12.1 Å². The lowest BCUT2D eigenvalue weighted by Crippen LogP contribution is -2.65. The zero-order valence-electron chi connectivity index (χ0n) is 28.7. The van der Waals surface area contributed by atoms with Crippen molar-refractivity contribution in [3.63, 3.8) is 0 Å². The number of benzene rings is 1. The van der Waals surface area contributed by atoms with Crippen molar-refractivity contribution in [1.29, 1.82) is 0 Å². The number of ether oxygens (including phenoxy) is 3. The number of pyridine rings is 1. The summed E-state index contributed by atoms with van der Waals surface area (Å²) in [5, 5.41) is 8.01. The molecule has 1 saturated heterocycles. The first-order chi connectivity index (χ1) is 23.6. The number of hydrogen-bond donors (Lipinski definition) is 0. The number of carbonyl (C=O) groups excluding carboxylic acids is 2. The minimum Gasteiger partial charge on any atom is -0.490 e. The number of amides is 2. The summed E-state index contributed by atoms with van der Waals surface area (Å²) in [4.78, 5) is 40.2. The zero-order chi connectivity index (χ0) is 35.6. The molecule has 2 aromatic heterocycles. The maximum absolute atomic E-state index is 14.3. The van der Waals surface area contributed by atoms with Crippen LogP contribution in [0.15, 0.2) is 36.7 Å². The van der Waals surface area contributed by atoms with Crippen LogP contribution in [-0.2, 0) is 17.8 Å². The van der Waals surface area contributed by atoms with Crippen LogP contribution in [0, 0.1) is 11.2 Å². The highest BCUT2D eigenvalue weighted by Crippen LogP contribution is 2.51. The van der Waals surface area contributed by atoms with Gasteiger partial charge in [0.05, 0.1) is 30.5 Å². The van der Waals surface area contributed by atoms with Gasteiger partial charge < -0.3 is 24.0 Å². The van der Waals surface area contributed by atoms with Gasteiger partial charge in [0, 0.05) is 55.2 Å². The van der Waals surface area contributed by atoms with E-state index in [2.05, 4.69) is 25.1 Å². The summed E-state index contributed by atoms with van der Waals surface area (Å²) in [6.07, 6.45) is 3.68. The summed E-state index contributed by atoms with van der Waals surface area (Å²) in [7, 11) is 0. The summed E-state index contributed by atoms with van der Waals surface area (Å²) in [6, 6.07) is 4.14.